The summed E-state index contributed by atoms with van der Waals surface area (Å²) in [6.07, 6.45) is 0.730. The van der Waals surface area contributed by atoms with Crippen LogP contribution in [-0.4, -0.2) is 42.9 Å². The molecule has 0 aromatic heterocycles. The first-order chi connectivity index (χ1) is 17.5. The van der Waals surface area contributed by atoms with Gasteiger partial charge >= 0.3 is 0 Å². The number of carbonyl (C=O) groups excluding carboxylic acids is 2. The van der Waals surface area contributed by atoms with E-state index in [1.807, 2.05) is 38.1 Å². The van der Waals surface area contributed by atoms with Crippen molar-refractivity contribution in [2.24, 2.45) is 16.6 Å². The van der Waals surface area contributed by atoms with E-state index in [1.165, 1.54) is 0 Å². The summed E-state index contributed by atoms with van der Waals surface area (Å²) in [4.78, 5) is 25.8. The molecular formula is C28H39N3O6. The van der Waals surface area contributed by atoms with Crippen LogP contribution in [0.1, 0.15) is 51.7 Å². The smallest absolute Gasteiger partial charge is 0.253 e. The average Bonchev–Trinajstić information content (AvgIpc) is 2.88. The molecule has 0 saturated carbocycles. The molecule has 1 heterocycles. The Balaban J connectivity index is 1.88. The highest BCUT2D eigenvalue weighted by molar-refractivity contribution is 5.95. The predicted molar refractivity (Wildman–Crippen MR) is 141 cm³/mol. The Morgan fingerprint density at radius 1 is 1.22 bits per heavy atom. The molecular weight excluding hydrogens is 474 g/mol. The Hall–Kier alpha value is -3.14. The number of methoxy groups -OCH3 is 1. The summed E-state index contributed by atoms with van der Waals surface area (Å²) in [5, 5.41) is 12.2. The third-order valence-corrected chi connectivity index (χ3v) is 7.70. The van der Waals surface area contributed by atoms with E-state index in [0.29, 0.717) is 31.1 Å². The highest BCUT2D eigenvalue weighted by atomic mass is 16.5. The molecule has 3 rings (SSSR count). The Morgan fingerprint density at radius 3 is 2.62 bits per heavy atom. The van der Waals surface area contributed by atoms with Crippen molar-refractivity contribution in [3.05, 3.63) is 53.6 Å². The van der Waals surface area contributed by atoms with Crippen LogP contribution in [0.3, 0.4) is 0 Å². The molecule has 0 saturated heterocycles. The number of amides is 2. The van der Waals surface area contributed by atoms with E-state index in [4.69, 9.17) is 19.9 Å². The lowest BCUT2D eigenvalue weighted by Crippen LogP contribution is -2.55. The van der Waals surface area contributed by atoms with Gasteiger partial charge in [0.05, 0.1) is 18.2 Å². The lowest BCUT2D eigenvalue weighted by Gasteiger charge is -2.44. The second kappa shape index (κ2) is 11.9. The molecule has 202 valence electrons. The lowest BCUT2D eigenvalue weighted by molar-refractivity contribution is -0.146. The Morgan fingerprint density at radius 2 is 1.92 bits per heavy atom. The Labute approximate surface area is 218 Å². The van der Waals surface area contributed by atoms with E-state index in [0.717, 1.165) is 23.3 Å². The normalized spacial score (nSPS) is 17.9. The van der Waals surface area contributed by atoms with E-state index in [-0.39, 0.29) is 12.3 Å². The molecule has 1 aliphatic rings. The second-order valence-electron chi connectivity index (χ2n) is 10.6. The van der Waals surface area contributed by atoms with Gasteiger partial charge in [-0.1, -0.05) is 45.9 Å². The molecule has 0 aliphatic carbocycles. The van der Waals surface area contributed by atoms with Gasteiger partial charge in [-0.25, -0.2) is 5.48 Å². The molecule has 9 nitrogen and oxygen atoms in total. The van der Waals surface area contributed by atoms with Gasteiger partial charge in [0.2, 0.25) is 5.91 Å². The lowest BCUT2D eigenvalue weighted by atomic mass is 9.62. The number of hydrogen-bond donors (Lipinski definition) is 4. The number of hydroxylamine groups is 1. The fraction of sp³-hybridized carbons (Fsp3) is 0.500. The number of carbonyl (C=O) groups is 2. The van der Waals surface area contributed by atoms with Crippen LogP contribution < -0.4 is 26.0 Å². The molecule has 0 spiro atoms. The fourth-order valence-corrected chi connectivity index (χ4v) is 4.32. The molecule has 2 aromatic carbocycles. The summed E-state index contributed by atoms with van der Waals surface area (Å²) in [6.45, 7) is 7.77. The number of rotatable bonds is 6. The quantitative estimate of drug-likeness (QED) is 0.341. The zero-order chi connectivity index (χ0) is 27.2. The van der Waals surface area contributed by atoms with Gasteiger partial charge in [-0.05, 0) is 60.1 Å². The molecule has 1 aliphatic heterocycles. The van der Waals surface area contributed by atoms with Crippen molar-refractivity contribution < 1.29 is 29.0 Å². The fourth-order valence-electron chi connectivity index (χ4n) is 4.32. The zero-order valence-corrected chi connectivity index (χ0v) is 22.3. The van der Waals surface area contributed by atoms with Gasteiger partial charge < -0.3 is 25.3 Å². The Kier molecular flexibility index (Phi) is 9.17. The van der Waals surface area contributed by atoms with Gasteiger partial charge in [-0.3, -0.25) is 14.8 Å². The van der Waals surface area contributed by atoms with Gasteiger partial charge in [0.1, 0.15) is 24.2 Å². The number of nitrogens with one attached hydrogen (secondary N) is 2. The van der Waals surface area contributed by atoms with Crippen molar-refractivity contribution >= 4 is 17.5 Å². The first-order valence-electron chi connectivity index (χ1n) is 12.5. The number of para-hydroxylation sites is 2. The van der Waals surface area contributed by atoms with Crippen molar-refractivity contribution in [1.82, 2.24) is 5.48 Å². The van der Waals surface area contributed by atoms with Crippen molar-refractivity contribution in [3.8, 4) is 11.5 Å². The highest BCUT2D eigenvalue weighted by Gasteiger charge is 2.47. The summed E-state index contributed by atoms with van der Waals surface area (Å²) in [5.74, 6) is 0.393. The minimum absolute atomic E-state index is 0.174. The highest BCUT2D eigenvalue weighted by Crippen LogP contribution is 2.42. The number of nitrogens with two attached hydrogens (primary N) is 1. The van der Waals surface area contributed by atoms with Gasteiger partial charge in [0.15, 0.2) is 0 Å². The van der Waals surface area contributed by atoms with Crippen LogP contribution in [0.25, 0.3) is 0 Å². The van der Waals surface area contributed by atoms with Crippen LogP contribution in [0.5, 0.6) is 11.5 Å². The minimum Gasteiger partial charge on any atom is -0.497 e. The van der Waals surface area contributed by atoms with Crippen LogP contribution in [0.2, 0.25) is 0 Å². The summed E-state index contributed by atoms with van der Waals surface area (Å²) >= 11 is 0. The number of ether oxygens (including phenoxy) is 3. The SMILES string of the molecule is COc1cc2cc(c1)COc1ccccc1NC(=O)C(CC(N)C(C)(C)C(C)(C)C(=O)NO)OCCC2. The molecule has 2 bridgehead atoms. The van der Waals surface area contributed by atoms with Crippen LogP contribution in [0.15, 0.2) is 42.5 Å². The van der Waals surface area contributed by atoms with E-state index in [1.54, 1.807) is 38.6 Å². The topological polar surface area (TPSA) is 132 Å². The van der Waals surface area contributed by atoms with Crippen LogP contribution in [0.4, 0.5) is 5.69 Å². The standard InChI is InChI=1S/C28H39N3O6/c1-27(2,28(3,4)26(33)31-34)24(29)16-23-25(32)30-21-10-6-7-11-22(21)37-17-19-13-18(9-8-12-36-23)14-20(15-19)35-5/h6-7,10-11,13-15,23-24,34H,8-9,12,16-17,29H2,1-5H3,(H,30,32)(H,31,33). The van der Waals surface area contributed by atoms with Crippen molar-refractivity contribution in [2.45, 2.75) is 65.7 Å². The molecule has 37 heavy (non-hydrogen) atoms. The minimum atomic E-state index is -1.01. The van der Waals surface area contributed by atoms with Crippen molar-refractivity contribution in [3.63, 3.8) is 0 Å². The van der Waals surface area contributed by atoms with Crippen molar-refractivity contribution in [2.75, 3.05) is 19.0 Å². The monoisotopic (exact) mass is 513 g/mol. The van der Waals surface area contributed by atoms with Crippen LogP contribution >= 0.6 is 0 Å². The first-order valence-corrected chi connectivity index (χ1v) is 12.5. The van der Waals surface area contributed by atoms with Gasteiger partial charge in [0.25, 0.3) is 5.91 Å². The van der Waals surface area contributed by atoms with Crippen molar-refractivity contribution in [1.29, 1.82) is 0 Å². The molecule has 2 atom stereocenters. The molecule has 9 heteroatoms. The summed E-state index contributed by atoms with van der Waals surface area (Å²) in [7, 11) is 1.64. The molecule has 2 unspecified atom stereocenters. The van der Waals surface area contributed by atoms with Crippen LogP contribution in [-0.2, 0) is 27.4 Å². The predicted octanol–water partition coefficient (Wildman–Crippen LogP) is 3.82. The first kappa shape index (κ1) is 28.4. The van der Waals surface area contributed by atoms with E-state index in [2.05, 4.69) is 11.4 Å². The maximum absolute atomic E-state index is 13.4. The Bertz CT molecular complexity index is 1100. The maximum Gasteiger partial charge on any atom is 0.253 e. The number of hydrogen-bond acceptors (Lipinski definition) is 7. The third-order valence-electron chi connectivity index (χ3n) is 7.70. The molecule has 2 amide bonds. The summed E-state index contributed by atoms with van der Waals surface area (Å²) in [6, 6.07) is 12.6. The number of fused-ring (bicyclic) bond motifs is 3. The summed E-state index contributed by atoms with van der Waals surface area (Å²) < 4.78 is 17.6. The van der Waals surface area contributed by atoms with Crippen LogP contribution in [0, 0.1) is 10.8 Å². The van der Waals surface area contributed by atoms with E-state index in [9.17, 15) is 14.8 Å². The third kappa shape index (κ3) is 6.60. The van der Waals surface area contributed by atoms with Gasteiger partial charge in [-0.15, -0.1) is 0 Å². The zero-order valence-electron chi connectivity index (χ0n) is 22.3. The average molecular weight is 514 g/mol. The van der Waals surface area contributed by atoms with E-state index < -0.39 is 28.9 Å². The number of benzene rings is 2. The molecule has 0 radical (unpaired) electrons. The molecule has 5 N–H and O–H groups in total. The molecule has 2 aromatic rings. The largest absolute Gasteiger partial charge is 0.497 e. The number of aryl methyl sites for hydroxylation is 1. The second-order valence-corrected chi connectivity index (χ2v) is 10.6. The van der Waals surface area contributed by atoms with Gasteiger partial charge in [0, 0.05) is 12.6 Å². The maximum atomic E-state index is 13.4. The summed E-state index contributed by atoms with van der Waals surface area (Å²) in [5.41, 5.74) is 9.11. The number of anilines is 1. The van der Waals surface area contributed by atoms with E-state index >= 15 is 0 Å². The molecule has 0 fully saturated rings. The van der Waals surface area contributed by atoms with Gasteiger partial charge in [-0.2, -0.15) is 0 Å².